The van der Waals surface area contributed by atoms with E-state index >= 15 is 0 Å². The Balaban J connectivity index is 0.00000561. The second-order valence-electron chi connectivity index (χ2n) is 18.8. The summed E-state index contributed by atoms with van der Waals surface area (Å²) in [6, 6.07) is 51.2. The van der Waals surface area contributed by atoms with Gasteiger partial charge in [-0.2, -0.15) is 0 Å². The third-order valence-electron chi connectivity index (χ3n) is 11.7. The van der Waals surface area contributed by atoms with E-state index in [4.69, 9.17) is 9.97 Å². The van der Waals surface area contributed by atoms with Crippen LogP contribution in [0.1, 0.15) is 103 Å². The number of phenolic OH excluding ortho intramolecular Hbond substituents is 1. The summed E-state index contributed by atoms with van der Waals surface area (Å²) in [6.45, 7) is 22.2. The molecule has 2 aromatic heterocycles. The van der Waals surface area contributed by atoms with Crippen LogP contribution in [0.25, 0.3) is 72.7 Å². The fourth-order valence-corrected chi connectivity index (χ4v) is 8.09. The summed E-state index contributed by atoms with van der Waals surface area (Å²) in [5, 5.41) is 12.3. The van der Waals surface area contributed by atoms with Gasteiger partial charge in [0.2, 0.25) is 0 Å². The summed E-state index contributed by atoms with van der Waals surface area (Å²) in [7, 11) is 0. The topological polar surface area (TPSA) is 50.9 Å². The van der Waals surface area contributed by atoms with E-state index < -0.39 is 0 Å². The number of aromatic nitrogens is 3. The quantitative estimate of drug-likeness (QED) is 0.154. The SMILES string of the molecule is CC(C)c1cc(-c2nc3c(-c4[c-]c(-c5cc(-c6ccccc6)ccn5)cc(C(C)(C)C)c4)cccc3n2-c2ccc(C(C)(C)C)cc2-c2ccccc2)c(O)c(C(C)C)c1.[Pt]. The van der Waals surface area contributed by atoms with Crippen molar-refractivity contribution in [1.29, 1.82) is 0 Å². The van der Waals surface area contributed by atoms with Crippen LogP contribution in [0.5, 0.6) is 5.75 Å². The Hall–Kier alpha value is -5.57. The Morgan fingerprint density at radius 3 is 1.87 bits per heavy atom. The van der Waals surface area contributed by atoms with Crippen molar-refractivity contribution in [1.82, 2.24) is 14.5 Å². The molecule has 5 heteroatoms. The van der Waals surface area contributed by atoms with E-state index in [1.807, 2.05) is 12.3 Å². The Morgan fingerprint density at radius 1 is 0.574 bits per heavy atom. The van der Waals surface area contributed by atoms with E-state index in [9.17, 15) is 5.11 Å². The zero-order chi connectivity index (χ0) is 42.5. The van der Waals surface area contributed by atoms with Gasteiger partial charge in [-0.05, 0) is 86.4 Å². The molecule has 0 aliphatic carbocycles. The molecule has 0 bridgehead atoms. The first kappa shape index (κ1) is 43.5. The molecule has 0 unspecified atom stereocenters. The predicted octanol–water partition coefficient (Wildman–Crippen LogP) is 15.1. The minimum absolute atomic E-state index is 0. The monoisotopic (exact) mass is 981 g/mol. The van der Waals surface area contributed by atoms with Gasteiger partial charge < -0.3 is 5.11 Å². The molecule has 8 rings (SSSR count). The Kier molecular flexibility index (Phi) is 12.2. The fraction of sp³-hybridized carbons (Fsp3) is 0.250. The standard InChI is InChI=1S/C56H56N3O.Pt/c1-35(2)40-31-46(36(3)4)53(60)48(32-40)54-58-52-45(22-17-23-51(52)59(54)50-25-24-43(55(5,6)7)34-47(50)38-20-15-12-16-21-38)41-28-42(30-44(29-41)56(8,9)10)49-33-39(26-27-57-49)37-18-13-11-14-19-37;/h11-27,29-36,60H,1-10H3;/q-1;. The van der Waals surface area contributed by atoms with Gasteiger partial charge in [0.05, 0.1) is 22.3 Å². The van der Waals surface area contributed by atoms with E-state index in [2.05, 4.69) is 207 Å². The largest absolute Gasteiger partial charge is 0.507 e. The number of phenols is 1. The van der Waals surface area contributed by atoms with Crippen LogP contribution in [0.15, 0.2) is 140 Å². The summed E-state index contributed by atoms with van der Waals surface area (Å²) in [5.41, 5.74) is 16.0. The van der Waals surface area contributed by atoms with E-state index in [0.717, 1.165) is 78.0 Å². The van der Waals surface area contributed by atoms with Crippen molar-refractivity contribution in [3.8, 4) is 67.5 Å². The van der Waals surface area contributed by atoms with Gasteiger partial charge in [0.25, 0.3) is 0 Å². The van der Waals surface area contributed by atoms with Crippen molar-refractivity contribution in [2.75, 3.05) is 0 Å². The molecule has 312 valence electrons. The zero-order valence-corrected chi connectivity index (χ0v) is 39.3. The van der Waals surface area contributed by atoms with E-state index in [-0.39, 0.29) is 49.5 Å². The van der Waals surface area contributed by atoms with Crippen LogP contribution in [0.3, 0.4) is 0 Å². The van der Waals surface area contributed by atoms with Gasteiger partial charge in [0, 0.05) is 38.5 Å². The van der Waals surface area contributed by atoms with Gasteiger partial charge in [-0.25, -0.2) is 4.98 Å². The number of benzene rings is 6. The fourth-order valence-electron chi connectivity index (χ4n) is 8.09. The van der Waals surface area contributed by atoms with Crippen LogP contribution in [0.4, 0.5) is 0 Å². The summed E-state index contributed by atoms with van der Waals surface area (Å²) in [6.07, 6.45) is 1.89. The maximum Gasteiger partial charge on any atom is 0.148 e. The summed E-state index contributed by atoms with van der Waals surface area (Å²) in [4.78, 5) is 10.5. The summed E-state index contributed by atoms with van der Waals surface area (Å²) < 4.78 is 2.27. The second kappa shape index (κ2) is 17.1. The molecule has 0 radical (unpaired) electrons. The molecule has 0 fully saturated rings. The third kappa shape index (κ3) is 8.66. The summed E-state index contributed by atoms with van der Waals surface area (Å²) >= 11 is 0. The number of hydrogen-bond donors (Lipinski definition) is 1. The van der Waals surface area contributed by atoms with Crippen molar-refractivity contribution >= 4 is 11.0 Å². The third-order valence-corrected chi connectivity index (χ3v) is 11.7. The number of rotatable bonds is 8. The number of imidazole rings is 1. The first-order chi connectivity index (χ1) is 28.6. The predicted molar refractivity (Wildman–Crippen MR) is 252 cm³/mol. The number of pyridine rings is 1. The minimum atomic E-state index is -0.149. The maximum atomic E-state index is 12.3. The van der Waals surface area contributed by atoms with Crippen LogP contribution in [-0.2, 0) is 31.9 Å². The molecule has 6 aromatic carbocycles. The Morgan fingerprint density at radius 2 is 1.23 bits per heavy atom. The first-order valence-electron chi connectivity index (χ1n) is 21.3. The average Bonchev–Trinajstić information content (AvgIpc) is 3.62. The molecule has 0 amide bonds. The van der Waals surface area contributed by atoms with Crippen molar-refractivity contribution in [2.45, 2.75) is 91.9 Å². The molecule has 0 spiro atoms. The molecule has 61 heavy (non-hydrogen) atoms. The summed E-state index contributed by atoms with van der Waals surface area (Å²) in [5.74, 6) is 1.34. The number of para-hydroxylation sites is 1. The zero-order valence-electron chi connectivity index (χ0n) is 37.0. The molecular weight excluding hydrogens is 926 g/mol. The molecule has 4 nitrogen and oxygen atoms in total. The number of nitrogens with zero attached hydrogens (tertiary/aromatic N) is 3. The molecular formula is C56H56N3OPt-. The van der Waals surface area contributed by atoms with Crippen molar-refractivity contribution in [3.05, 3.63) is 168 Å². The van der Waals surface area contributed by atoms with E-state index in [1.165, 1.54) is 11.1 Å². The van der Waals surface area contributed by atoms with E-state index in [0.29, 0.717) is 5.82 Å². The molecule has 0 saturated heterocycles. The van der Waals surface area contributed by atoms with Crippen molar-refractivity contribution < 1.29 is 26.2 Å². The molecule has 2 heterocycles. The van der Waals surface area contributed by atoms with Gasteiger partial charge in [0.15, 0.2) is 0 Å². The van der Waals surface area contributed by atoms with Crippen LogP contribution >= 0.6 is 0 Å². The van der Waals surface area contributed by atoms with Crippen molar-refractivity contribution in [3.63, 3.8) is 0 Å². The molecule has 0 aliphatic rings. The number of hydrogen-bond acceptors (Lipinski definition) is 3. The van der Waals surface area contributed by atoms with Crippen LogP contribution < -0.4 is 0 Å². The van der Waals surface area contributed by atoms with E-state index in [1.54, 1.807) is 0 Å². The molecule has 8 aromatic rings. The first-order valence-corrected chi connectivity index (χ1v) is 21.3. The van der Waals surface area contributed by atoms with Gasteiger partial charge in [-0.3, -0.25) is 9.55 Å². The van der Waals surface area contributed by atoms with Crippen LogP contribution in [0, 0.1) is 6.07 Å². The molecule has 0 aliphatic heterocycles. The normalized spacial score (nSPS) is 12.0. The minimum Gasteiger partial charge on any atom is -0.507 e. The second-order valence-corrected chi connectivity index (χ2v) is 18.8. The Bertz CT molecular complexity index is 2840. The van der Waals surface area contributed by atoms with Crippen LogP contribution in [0.2, 0.25) is 0 Å². The number of aromatic hydroxyl groups is 1. The smallest absolute Gasteiger partial charge is 0.148 e. The molecule has 0 saturated carbocycles. The van der Waals surface area contributed by atoms with Gasteiger partial charge in [0.1, 0.15) is 11.6 Å². The van der Waals surface area contributed by atoms with Crippen LogP contribution in [-0.4, -0.2) is 19.6 Å². The molecule has 0 atom stereocenters. The van der Waals surface area contributed by atoms with Gasteiger partial charge in [-0.1, -0.05) is 171 Å². The number of fused-ring (bicyclic) bond motifs is 1. The maximum absolute atomic E-state index is 12.3. The van der Waals surface area contributed by atoms with Gasteiger partial charge >= 0.3 is 0 Å². The van der Waals surface area contributed by atoms with Crippen molar-refractivity contribution in [2.24, 2.45) is 0 Å². The molecule has 1 N–H and O–H groups in total. The Labute approximate surface area is 377 Å². The van der Waals surface area contributed by atoms with Gasteiger partial charge in [-0.15, -0.1) is 29.3 Å². The average molecular weight is 982 g/mol.